The minimum absolute atomic E-state index is 0.136. The van der Waals surface area contributed by atoms with Crippen LogP contribution in [-0.2, 0) is 0 Å². The zero-order valence-electron chi connectivity index (χ0n) is 12.3. The quantitative estimate of drug-likeness (QED) is 0.637. The highest BCUT2D eigenvalue weighted by molar-refractivity contribution is 5.95. The molecule has 1 rings (SSSR count). The van der Waals surface area contributed by atoms with E-state index in [1.807, 2.05) is 6.92 Å². The van der Waals surface area contributed by atoms with E-state index in [-0.39, 0.29) is 23.1 Å². The van der Waals surface area contributed by atoms with E-state index < -0.39 is 4.92 Å². The topological polar surface area (TPSA) is 99.3 Å². The normalized spacial score (nSPS) is 11.3. The number of anilines is 1. The number of hydrogen-bond acceptors (Lipinski definition) is 5. The lowest BCUT2D eigenvalue weighted by Crippen LogP contribution is -2.28. The number of carbonyl (C=O) groups is 1. The van der Waals surface area contributed by atoms with Gasteiger partial charge in [0.15, 0.2) is 0 Å². The minimum atomic E-state index is -0.512. The summed E-state index contributed by atoms with van der Waals surface area (Å²) in [5.41, 5.74) is 0.512. The molecule has 0 aliphatic heterocycles. The lowest BCUT2D eigenvalue weighted by molar-refractivity contribution is -0.384. The van der Waals surface area contributed by atoms with E-state index in [1.165, 1.54) is 13.1 Å². The highest BCUT2D eigenvalue weighted by Gasteiger charge is 2.22. The summed E-state index contributed by atoms with van der Waals surface area (Å²) < 4.78 is 0. The number of nitro groups is 1. The van der Waals surface area contributed by atoms with Crippen LogP contribution in [0.2, 0.25) is 0 Å². The van der Waals surface area contributed by atoms with E-state index >= 15 is 0 Å². The van der Waals surface area contributed by atoms with Gasteiger partial charge in [0.1, 0.15) is 5.69 Å². The van der Waals surface area contributed by atoms with Crippen molar-refractivity contribution < 1.29 is 9.72 Å². The molecule has 0 saturated heterocycles. The van der Waals surface area contributed by atoms with Gasteiger partial charge in [-0.05, 0) is 26.0 Å². The zero-order valence-corrected chi connectivity index (χ0v) is 12.3. The van der Waals surface area contributed by atoms with Gasteiger partial charge in [0.2, 0.25) is 0 Å². The predicted molar refractivity (Wildman–Crippen MR) is 79.2 cm³/mol. The minimum Gasteiger partial charge on any atom is -0.365 e. The molecule has 1 amide bonds. The Morgan fingerprint density at radius 1 is 1.57 bits per heavy atom. The summed E-state index contributed by atoms with van der Waals surface area (Å²) in [4.78, 5) is 24.1. The smallest absolute Gasteiger partial charge is 0.293 e. The second kappa shape index (κ2) is 7.24. The van der Waals surface area contributed by atoms with Crippen LogP contribution >= 0.6 is 0 Å². The number of hydrogen-bond donors (Lipinski definition) is 1. The van der Waals surface area contributed by atoms with Gasteiger partial charge in [0, 0.05) is 31.8 Å². The van der Waals surface area contributed by atoms with Crippen LogP contribution in [0.25, 0.3) is 0 Å². The van der Waals surface area contributed by atoms with Crippen molar-refractivity contribution in [3.63, 3.8) is 0 Å². The molecule has 7 nitrogen and oxygen atoms in total. The predicted octanol–water partition coefficient (Wildman–Crippen LogP) is 1.94. The van der Waals surface area contributed by atoms with Gasteiger partial charge < -0.3 is 10.2 Å². The van der Waals surface area contributed by atoms with Gasteiger partial charge in [-0.3, -0.25) is 14.9 Å². The summed E-state index contributed by atoms with van der Waals surface area (Å²) in [6.07, 6.45) is 0. The summed E-state index contributed by atoms with van der Waals surface area (Å²) in [7, 11) is 1.47. The Labute approximate surface area is 123 Å². The number of nitrogens with one attached hydrogen (secondary N) is 1. The molecule has 112 valence electrons. The molecule has 21 heavy (non-hydrogen) atoms. The molecule has 1 aromatic carbocycles. The van der Waals surface area contributed by atoms with Crippen molar-refractivity contribution in [2.45, 2.75) is 13.8 Å². The zero-order chi connectivity index (χ0) is 16.0. The third-order valence-corrected chi connectivity index (χ3v) is 3.10. The van der Waals surface area contributed by atoms with E-state index in [2.05, 4.69) is 11.4 Å². The van der Waals surface area contributed by atoms with Crippen molar-refractivity contribution in [3.8, 4) is 6.07 Å². The van der Waals surface area contributed by atoms with Crippen LogP contribution in [0.3, 0.4) is 0 Å². The maximum atomic E-state index is 11.6. The number of nitriles is 1. The van der Waals surface area contributed by atoms with Gasteiger partial charge in [-0.2, -0.15) is 5.26 Å². The average Bonchev–Trinajstić information content (AvgIpc) is 2.50. The van der Waals surface area contributed by atoms with Crippen LogP contribution in [0, 0.1) is 27.4 Å². The first-order chi connectivity index (χ1) is 9.94. The SMILES string of the molecule is CCN(CC(C)C#N)c1ccc(C(=O)NC)cc1[N+](=O)[O-]. The Balaban J connectivity index is 3.25. The molecule has 1 unspecified atom stereocenters. The maximum absolute atomic E-state index is 11.6. The molecule has 0 heterocycles. The summed E-state index contributed by atoms with van der Waals surface area (Å²) in [5, 5.41) is 22.6. The summed E-state index contributed by atoms with van der Waals surface area (Å²) in [5.74, 6) is -0.624. The van der Waals surface area contributed by atoms with Crippen molar-refractivity contribution in [2.75, 3.05) is 25.0 Å². The molecule has 0 bridgehead atoms. The van der Waals surface area contributed by atoms with Gasteiger partial charge >= 0.3 is 0 Å². The monoisotopic (exact) mass is 290 g/mol. The third kappa shape index (κ3) is 3.92. The van der Waals surface area contributed by atoms with Crippen molar-refractivity contribution in [2.24, 2.45) is 5.92 Å². The number of nitrogens with zero attached hydrogens (tertiary/aromatic N) is 3. The highest BCUT2D eigenvalue weighted by Crippen LogP contribution is 2.29. The molecule has 1 N–H and O–H groups in total. The van der Waals surface area contributed by atoms with Crippen LogP contribution in [0.4, 0.5) is 11.4 Å². The Hall–Kier alpha value is -2.62. The summed E-state index contributed by atoms with van der Waals surface area (Å²) in [6, 6.07) is 6.46. The van der Waals surface area contributed by atoms with E-state index in [0.717, 1.165) is 0 Å². The van der Waals surface area contributed by atoms with Gasteiger partial charge in [0.25, 0.3) is 11.6 Å². The summed E-state index contributed by atoms with van der Waals surface area (Å²) >= 11 is 0. The second-order valence-electron chi connectivity index (χ2n) is 4.61. The van der Waals surface area contributed by atoms with Gasteiger partial charge in [-0.15, -0.1) is 0 Å². The lowest BCUT2D eigenvalue weighted by Gasteiger charge is -2.24. The molecule has 0 aliphatic carbocycles. The molecule has 0 fully saturated rings. The first-order valence-electron chi connectivity index (χ1n) is 6.59. The van der Waals surface area contributed by atoms with Gasteiger partial charge in [-0.1, -0.05) is 0 Å². The summed E-state index contributed by atoms with van der Waals surface area (Å²) in [6.45, 7) is 4.55. The molecular weight excluding hydrogens is 272 g/mol. The fraction of sp³-hybridized carbons (Fsp3) is 0.429. The largest absolute Gasteiger partial charge is 0.365 e. The van der Waals surface area contributed by atoms with E-state index in [0.29, 0.717) is 18.8 Å². The van der Waals surface area contributed by atoms with Crippen LogP contribution in [0.1, 0.15) is 24.2 Å². The Morgan fingerprint density at radius 2 is 2.24 bits per heavy atom. The highest BCUT2D eigenvalue weighted by atomic mass is 16.6. The van der Waals surface area contributed by atoms with Crippen LogP contribution in [0.15, 0.2) is 18.2 Å². The number of amides is 1. The number of rotatable bonds is 6. The van der Waals surface area contributed by atoms with E-state index in [4.69, 9.17) is 5.26 Å². The number of benzene rings is 1. The van der Waals surface area contributed by atoms with Crippen molar-refractivity contribution in [3.05, 3.63) is 33.9 Å². The standard InChI is InChI=1S/C14H18N4O3/c1-4-17(9-10(2)8-15)12-6-5-11(14(19)16-3)7-13(12)18(20)21/h5-7,10H,4,9H2,1-3H3,(H,16,19). The molecule has 0 aromatic heterocycles. The first kappa shape index (κ1) is 16.4. The van der Waals surface area contributed by atoms with Gasteiger partial charge in [0.05, 0.1) is 16.9 Å². The molecule has 1 atom stereocenters. The fourth-order valence-electron chi connectivity index (χ4n) is 1.99. The van der Waals surface area contributed by atoms with E-state index in [1.54, 1.807) is 24.0 Å². The Morgan fingerprint density at radius 3 is 2.71 bits per heavy atom. The van der Waals surface area contributed by atoms with E-state index in [9.17, 15) is 14.9 Å². The Bertz CT molecular complexity index is 580. The number of nitro benzene ring substituents is 1. The molecular formula is C14H18N4O3. The van der Waals surface area contributed by atoms with Gasteiger partial charge in [-0.25, -0.2) is 0 Å². The first-order valence-corrected chi connectivity index (χ1v) is 6.59. The van der Waals surface area contributed by atoms with Crippen molar-refractivity contribution in [1.82, 2.24) is 5.32 Å². The fourth-order valence-corrected chi connectivity index (χ4v) is 1.99. The maximum Gasteiger partial charge on any atom is 0.293 e. The molecule has 0 spiro atoms. The van der Waals surface area contributed by atoms with Crippen molar-refractivity contribution >= 4 is 17.3 Å². The lowest BCUT2D eigenvalue weighted by atomic mass is 10.1. The van der Waals surface area contributed by atoms with Crippen LogP contribution in [-0.4, -0.2) is 31.0 Å². The van der Waals surface area contributed by atoms with Crippen molar-refractivity contribution in [1.29, 1.82) is 5.26 Å². The van der Waals surface area contributed by atoms with Crippen LogP contribution < -0.4 is 10.2 Å². The average molecular weight is 290 g/mol. The molecule has 1 aromatic rings. The molecule has 0 radical (unpaired) electrons. The Kier molecular flexibility index (Phi) is 5.67. The van der Waals surface area contributed by atoms with Crippen LogP contribution in [0.5, 0.6) is 0 Å². The molecule has 0 aliphatic rings. The number of carbonyl (C=O) groups excluding carboxylic acids is 1. The molecule has 0 saturated carbocycles. The molecule has 7 heteroatoms. The second-order valence-corrected chi connectivity index (χ2v) is 4.61. The third-order valence-electron chi connectivity index (χ3n) is 3.10.